The molecule has 1 aromatic rings. The van der Waals surface area contributed by atoms with Crippen LogP contribution in [0.3, 0.4) is 0 Å². The van der Waals surface area contributed by atoms with E-state index in [2.05, 4.69) is 21.2 Å². The van der Waals surface area contributed by atoms with Crippen molar-refractivity contribution in [2.45, 2.75) is 25.7 Å². The lowest BCUT2D eigenvalue weighted by atomic mass is 9.79. The summed E-state index contributed by atoms with van der Waals surface area (Å²) < 4.78 is 13.7. The molecule has 0 bridgehead atoms. The zero-order valence-electron chi connectivity index (χ0n) is 9.87. The highest BCUT2D eigenvalue weighted by molar-refractivity contribution is 9.10. The van der Waals surface area contributed by atoms with Crippen LogP contribution in [0.5, 0.6) is 0 Å². The van der Waals surface area contributed by atoms with Crippen molar-refractivity contribution in [1.82, 2.24) is 5.32 Å². The molecule has 1 aliphatic heterocycles. The minimum atomic E-state index is -0.342. The van der Waals surface area contributed by atoms with Crippen LogP contribution < -0.4 is 5.32 Å². The summed E-state index contributed by atoms with van der Waals surface area (Å²) in [6.07, 6.45) is 0.905. The van der Waals surface area contributed by atoms with E-state index < -0.39 is 0 Å². The Kier molecular flexibility index (Phi) is 3.80. The molecular formula is C13H13BrFNO2. The fourth-order valence-electron chi connectivity index (χ4n) is 2.40. The van der Waals surface area contributed by atoms with Crippen LogP contribution in [0.2, 0.25) is 0 Å². The van der Waals surface area contributed by atoms with Gasteiger partial charge < -0.3 is 0 Å². The molecule has 96 valence electrons. The van der Waals surface area contributed by atoms with Crippen molar-refractivity contribution >= 4 is 27.7 Å². The summed E-state index contributed by atoms with van der Waals surface area (Å²) in [7, 11) is 0. The smallest absolute Gasteiger partial charge is 0.230 e. The third kappa shape index (κ3) is 2.46. The average molecular weight is 314 g/mol. The van der Waals surface area contributed by atoms with Crippen LogP contribution in [-0.2, 0) is 9.59 Å². The SMILES string of the molecule is CCC1C(=O)NC(=O)CC1c1ccc(F)cc1Br. The summed E-state index contributed by atoms with van der Waals surface area (Å²) in [5, 5.41) is 2.34. The maximum atomic E-state index is 13.1. The van der Waals surface area contributed by atoms with E-state index in [0.717, 1.165) is 5.56 Å². The second kappa shape index (κ2) is 5.18. The Bertz CT molecular complexity index is 504. The predicted molar refractivity (Wildman–Crippen MR) is 68.4 cm³/mol. The lowest BCUT2D eigenvalue weighted by Crippen LogP contribution is -2.44. The van der Waals surface area contributed by atoms with Gasteiger partial charge >= 0.3 is 0 Å². The Morgan fingerprint density at radius 3 is 2.78 bits per heavy atom. The first-order chi connectivity index (χ1) is 8.52. The summed E-state index contributed by atoms with van der Waals surface area (Å²) in [5.74, 6) is -1.29. The van der Waals surface area contributed by atoms with Crippen LogP contribution in [0.1, 0.15) is 31.2 Å². The van der Waals surface area contributed by atoms with Crippen LogP contribution in [-0.4, -0.2) is 11.8 Å². The lowest BCUT2D eigenvalue weighted by Gasteiger charge is -2.30. The van der Waals surface area contributed by atoms with Crippen molar-refractivity contribution < 1.29 is 14.0 Å². The quantitative estimate of drug-likeness (QED) is 0.853. The van der Waals surface area contributed by atoms with Crippen molar-refractivity contribution in [3.8, 4) is 0 Å². The van der Waals surface area contributed by atoms with E-state index in [1.807, 2.05) is 6.92 Å². The van der Waals surface area contributed by atoms with Crippen molar-refractivity contribution in [3.05, 3.63) is 34.1 Å². The first-order valence-electron chi connectivity index (χ1n) is 5.81. The predicted octanol–water partition coefficient (Wildman–Crippen LogP) is 2.74. The zero-order chi connectivity index (χ0) is 13.3. The number of imide groups is 1. The first kappa shape index (κ1) is 13.2. The highest BCUT2D eigenvalue weighted by Crippen LogP contribution is 2.37. The van der Waals surface area contributed by atoms with Gasteiger partial charge in [0.05, 0.1) is 0 Å². The molecule has 1 heterocycles. The number of hydrogen-bond acceptors (Lipinski definition) is 2. The minimum Gasteiger partial charge on any atom is -0.296 e. The molecule has 0 spiro atoms. The maximum Gasteiger partial charge on any atom is 0.230 e. The summed E-state index contributed by atoms with van der Waals surface area (Å²) in [6.45, 7) is 1.91. The van der Waals surface area contributed by atoms with Gasteiger partial charge in [-0.05, 0) is 24.1 Å². The van der Waals surface area contributed by atoms with Gasteiger partial charge in [-0.25, -0.2) is 4.39 Å². The first-order valence-corrected chi connectivity index (χ1v) is 6.61. The van der Waals surface area contributed by atoms with Crippen molar-refractivity contribution in [1.29, 1.82) is 0 Å². The van der Waals surface area contributed by atoms with Gasteiger partial charge in [0.25, 0.3) is 0 Å². The van der Waals surface area contributed by atoms with Crippen LogP contribution in [0.25, 0.3) is 0 Å². The molecule has 1 N–H and O–H groups in total. The van der Waals surface area contributed by atoms with E-state index in [9.17, 15) is 14.0 Å². The van der Waals surface area contributed by atoms with Gasteiger partial charge in [0, 0.05) is 22.7 Å². The van der Waals surface area contributed by atoms with Crippen molar-refractivity contribution in [2.75, 3.05) is 0 Å². The van der Waals surface area contributed by atoms with Crippen LogP contribution >= 0.6 is 15.9 Å². The van der Waals surface area contributed by atoms with Gasteiger partial charge in [0.1, 0.15) is 5.82 Å². The van der Waals surface area contributed by atoms with E-state index in [-0.39, 0.29) is 35.9 Å². The Balaban J connectivity index is 2.39. The topological polar surface area (TPSA) is 46.2 Å². The fraction of sp³-hybridized carbons (Fsp3) is 0.385. The van der Waals surface area contributed by atoms with E-state index in [0.29, 0.717) is 10.9 Å². The molecule has 1 saturated heterocycles. The number of carbonyl (C=O) groups excluding carboxylic acids is 2. The van der Waals surface area contributed by atoms with Gasteiger partial charge in [-0.3, -0.25) is 14.9 Å². The number of benzene rings is 1. The largest absolute Gasteiger partial charge is 0.296 e. The number of hydrogen-bond donors (Lipinski definition) is 1. The Morgan fingerprint density at radius 1 is 1.44 bits per heavy atom. The van der Waals surface area contributed by atoms with Crippen molar-refractivity contribution in [2.24, 2.45) is 5.92 Å². The molecule has 0 radical (unpaired) electrons. The van der Waals surface area contributed by atoms with Gasteiger partial charge in [-0.15, -0.1) is 0 Å². The molecular weight excluding hydrogens is 301 g/mol. The van der Waals surface area contributed by atoms with E-state index >= 15 is 0 Å². The maximum absolute atomic E-state index is 13.1. The molecule has 2 unspecified atom stereocenters. The molecule has 18 heavy (non-hydrogen) atoms. The second-order valence-electron chi connectivity index (χ2n) is 4.40. The molecule has 2 amide bonds. The zero-order valence-corrected chi connectivity index (χ0v) is 11.5. The molecule has 3 nitrogen and oxygen atoms in total. The molecule has 5 heteroatoms. The molecule has 0 saturated carbocycles. The molecule has 1 fully saturated rings. The van der Waals surface area contributed by atoms with Crippen LogP contribution in [0.15, 0.2) is 22.7 Å². The van der Waals surface area contributed by atoms with Crippen LogP contribution in [0.4, 0.5) is 4.39 Å². The standard InChI is InChI=1S/C13H13BrFNO2/c1-2-8-10(6-12(17)16-13(8)18)9-4-3-7(15)5-11(9)14/h3-5,8,10H,2,6H2,1H3,(H,16,17,18). The Labute approximate surface area is 113 Å². The second-order valence-corrected chi connectivity index (χ2v) is 5.26. The molecule has 1 aliphatic rings. The third-order valence-corrected chi connectivity index (χ3v) is 3.98. The Morgan fingerprint density at radius 2 is 2.17 bits per heavy atom. The summed E-state index contributed by atoms with van der Waals surface area (Å²) in [6, 6.07) is 4.35. The van der Waals surface area contributed by atoms with Crippen LogP contribution in [0, 0.1) is 11.7 Å². The number of amides is 2. The van der Waals surface area contributed by atoms with Gasteiger partial charge in [0.2, 0.25) is 11.8 Å². The molecule has 2 atom stereocenters. The average Bonchev–Trinajstić information content (AvgIpc) is 2.28. The van der Waals surface area contributed by atoms with Gasteiger partial charge in [0.15, 0.2) is 0 Å². The van der Waals surface area contributed by atoms with Gasteiger partial charge in [-0.2, -0.15) is 0 Å². The summed E-state index contributed by atoms with van der Waals surface area (Å²) in [4.78, 5) is 23.3. The van der Waals surface area contributed by atoms with Gasteiger partial charge in [-0.1, -0.05) is 28.9 Å². The number of nitrogens with one attached hydrogen (secondary N) is 1. The normalized spacial score (nSPS) is 23.9. The minimum absolute atomic E-state index is 0.189. The van der Waals surface area contributed by atoms with E-state index in [1.54, 1.807) is 6.07 Å². The lowest BCUT2D eigenvalue weighted by molar-refractivity contribution is -0.137. The Hall–Kier alpha value is -1.23. The van der Waals surface area contributed by atoms with E-state index in [1.165, 1.54) is 12.1 Å². The molecule has 2 rings (SSSR count). The number of piperidine rings is 1. The highest BCUT2D eigenvalue weighted by atomic mass is 79.9. The molecule has 0 aromatic heterocycles. The highest BCUT2D eigenvalue weighted by Gasteiger charge is 2.36. The summed E-state index contributed by atoms with van der Waals surface area (Å²) in [5.41, 5.74) is 0.812. The molecule has 0 aliphatic carbocycles. The van der Waals surface area contributed by atoms with E-state index in [4.69, 9.17) is 0 Å². The third-order valence-electron chi connectivity index (χ3n) is 3.29. The monoisotopic (exact) mass is 313 g/mol. The number of rotatable bonds is 2. The summed E-state index contributed by atoms with van der Waals surface area (Å²) >= 11 is 3.30. The van der Waals surface area contributed by atoms with Crippen molar-refractivity contribution in [3.63, 3.8) is 0 Å². The fourth-order valence-corrected chi connectivity index (χ4v) is 3.05. The number of halogens is 2. The number of carbonyl (C=O) groups is 2. The molecule has 1 aromatic carbocycles.